The molecular formula is C13H17BrN2O2. The SMILES string of the molecule is CC1(C(=O)Nc2cccc(Br)c2O)CCNCC1. The van der Waals surface area contributed by atoms with Gasteiger partial charge >= 0.3 is 0 Å². The van der Waals surface area contributed by atoms with Crippen molar-refractivity contribution < 1.29 is 9.90 Å². The second-order valence-electron chi connectivity index (χ2n) is 4.90. The van der Waals surface area contributed by atoms with Gasteiger partial charge in [-0.25, -0.2) is 0 Å². The Morgan fingerprint density at radius 3 is 2.78 bits per heavy atom. The second kappa shape index (κ2) is 5.28. The van der Waals surface area contributed by atoms with E-state index in [0.717, 1.165) is 25.9 Å². The summed E-state index contributed by atoms with van der Waals surface area (Å²) >= 11 is 3.23. The average molecular weight is 313 g/mol. The number of nitrogens with one attached hydrogen (secondary N) is 2. The Labute approximate surface area is 115 Å². The highest BCUT2D eigenvalue weighted by molar-refractivity contribution is 9.10. The molecule has 4 nitrogen and oxygen atoms in total. The Balaban J connectivity index is 2.13. The lowest BCUT2D eigenvalue weighted by Gasteiger charge is -2.32. The van der Waals surface area contributed by atoms with E-state index in [1.165, 1.54) is 0 Å². The van der Waals surface area contributed by atoms with Crippen molar-refractivity contribution in [2.24, 2.45) is 5.41 Å². The molecule has 1 saturated heterocycles. The Hall–Kier alpha value is -1.07. The zero-order valence-corrected chi connectivity index (χ0v) is 11.9. The Morgan fingerprint density at radius 1 is 1.44 bits per heavy atom. The van der Waals surface area contributed by atoms with Crippen LogP contribution in [0.5, 0.6) is 5.75 Å². The van der Waals surface area contributed by atoms with E-state index in [0.29, 0.717) is 10.2 Å². The van der Waals surface area contributed by atoms with Crippen molar-refractivity contribution in [2.75, 3.05) is 18.4 Å². The van der Waals surface area contributed by atoms with E-state index < -0.39 is 0 Å². The smallest absolute Gasteiger partial charge is 0.230 e. The molecule has 1 aliphatic rings. The maximum Gasteiger partial charge on any atom is 0.230 e. The number of carbonyl (C=O) groups excluding carboxylic acids is 1. The lowest BCUT2D eigenvalue weighted by molar-refractivity contribution is -0.126. The molecule has 1 heterocycles. The van der Waals surface area contributed by atoms with E-state index >= 15 is 0 Å². The molecule has 5 heteroatoms. The molecule has 1 aliphatic heterocycles. The highest BCUT2D eigenvalue weighted by Gasteiger charge is 2.34. The highest BCUT2D eigenvalue weighted by Crippen LogP contribution is 2.34. The topological polar surface area (TPSA) is 61.4 Å². The molecule has 0 bridgehead atoms. The largest absolute Gasteiger partial charge is 0.505 e. The van der Waals surface area contributed by atoms with Crippen LogP contribution in [0.25, 0.3) is 0 Å². The van der Waals surface area contributed by atoms with Crippen molar-refractivity contribution in [1.29, 1.82) is 0 Å². The molecule has 18 heavy (non-hydrogen) atoms. The molecule has 3 N–H and O–H groups in total. The fourth-order valence-electron chi connectivity index (χ4n) is 2.10. The van der Waals surface area contributed by atoms with E-state index in [1.54, 1.807) is 18.2 Å². The summed E-state index contributed by atoms with van der Waals surface area (Å²) in [6.45, 7) is 3.68. The fourth-order valence-corrected chi connectivity index (χ4v) is 2.46. The van der Waals surface area contributed by atoms with Crippen LogP contribution in [0.2, 0.25) is 0 Å². The summed E-state index contributed by atoms with van der Waals surface area (Å²) in [4.78, 5) is 12.3. The molecule has 0 spiro atoms. The summed E-state index contributed by atoms with van der Waals surface area (Å²) in [7, 11) is 0. The van der Waals surface area contributed by atoms with Gasteiger partial charge in [0, 0.05) is 5.41 Å². The summed E-state index contributed by atoms with van der Waals surface area (Å²) in [5, 5.41) is 15.9. The van der Waals surface area contributed by atoms with Gasteiger partial charge in [-0.05, 0) is 54.0 Å². The first-order chi connectivity index (χ1) is 8.53. The van der Waals surface area contributed by atoms with Crippen LogP contribution < -0.4 is 10.6 Å². The predicted octanol–water partition coefficient (Wildman–Crippen LogP) is 2.48. The number of amides is 1. The molecular weight excluding hydrogens is 296 g/mol. The number of rotatable bonds is 2. The quantitative estimate of drug-likeness (QED) is 0.735. The minimum atomic E-state index is -0.361. The molecule has 0 atom stereocenters. The number of anilines is 1. The molecule has 1 fully saturated rings. The van der Waals surface area contributed by atoms with Gasteiger partial charge in [-0.2, -0.15) is 0 Å². The third-order valence-electron chi connectivity index (χ3n) is 3.49. The number of para-hydroxylation sites is 1. The Morgan fingerprint density at radius 2 is 2.11 bits per heavy atom. The summed E-state index contributed by atoms with van der Waals surface area (Å²) < 4.78 is 0.579. The van der Waals surface area contributed by atoms with Crippen LogP contribution in [0, 0.1) is 5.41 Å². The fraction of sp³-hybridized carbons (Fsp3) is 0.462. The first-order valence-electron chi connectivity index (χ1n) is 6.02. The van der Waals surface area contributed by atoms with Gasteiger partial charge in [-0.1, -0.05) is 13.0 Å². The van der Waals surface area contributed by atoms with Crippen LogP contribution in [0.4, 0.5) is 5.69 Å². The van der Waals surface area contributed by atoms with E-state index in [-0.39, 0.29) is 17.1 Å². The number of piperidine rings is 1. The summed E-state index contributed by atoms with van der Waals surface area (Å²) in [6, 6.07) is 5.21. The van der Waals surface area contributed by atoms with Crippen LogP contribution in [-0.2, 0) is 4.79 Å². The van der Waals surface area contributed by atoms with Crippen LogP contribution in [-0.4, -0.2) is 24.1 Å². The van der Waals surface area contributed by atoms with Crippen LogP contribution in [0.15, 0.2) is 22.7 Å². The lowest BCUT2D eigenvalue weighted by Crippen LogP contribution is -2.42. The monoisotopic (exact) mass is 312 g/mol. The summed E-state index contributed by atoms with van der Waals surface area (Å²) in [6.07, 6.45) is 1.63. The minimum Gasteiger partial charge on any atom is -0.505 e. The van der Waals surface area contributed by atoms with E-state index in [9.17, 15) is 9.90 Å². The number of carbonyl (C=O) groups is 1. The van der Waals surface area contributed by atoms with Crippen molar-refractivity contribution in [2.45, 2.75) is 19.8 Å². The first kappa shape index (κ1) is 13.4. The number of phenols is 1. The number of halogens is 1. The molecule has 0 aliphatic carbocycles. The number of hydrogen-bond donors (Lipinski definition) is 3. The first-order valence-corrected chi connectivity index (χ1v) is 6.82. The maximum atomic E-state index is 12.3. The number of aromatic hydroxyl groups is 1. The van der Waals surface area contributed by atoms with Crippen molar-refractivity contribution >= 4 is 27.5 Å². The van der Waals surface area contributed by atoms with E-state index in [2.05, 4.69) is 26.6 Å². The van der Waals surface area contributed by atoms with Gasteiger partial charge in [0.15, 0.2) is 5.75 Å². The second-order valence-corrected chi connectivity index (χ2v) is 5.76. The lowest BCUT2D eigenvalue weighted by atomic mass is 9.80. The van der Waals surface area contributed by atoms with Gasteiger partial charge in [0.05, 0.1) is 10.2 Å². The molecule has 0 aromatic heterocycles. The van der Waals surface area contributed by atoms with Gasteiger partial charge in [0.2, 0.25) is 5.91 Å². The van der Waals surface area contributed by atoms with Crippen LogP contribution in [0.1, 0.15) is 19.8 Å². The van der Waals surface area contributed by atoms with Crippen molar-refractivity contribution in [3.63, 3.8) is 0 Å². The minimum absolute atomic E-state index is 0.0302. The van der Waals surface area contributed by atoms with E-state index in [4.69, 9.17) is 0 Å². The molecule has 0 unspecified atom stereocenters. The predicted molar refractivity (Wildman–Crippen MR) is 74.6 cm³/mol. The van der Waals surface area contributed by atoms with Gasteiger partial charge in [0.25, 0.3) is 0 Å². The molecule has 1 aromatic rings. The third-order valence-corrected chi connectivity index (χ3v) is 4.13. The Kier molecular flexibility index (Phi) is 3.92. The standard InChI is InChI=1S/C13H17BrN2O2/c1-13(5-7-15-8-6-13)12(18)16-10-4-2-3-9(14)11(10)17/h2-4,15,17H,5-8H2,1H3,(H,16,18). The normalized spacial score (nSPS) is 18.3. The molecule has 2 rings (SSSR count). The summed E-state index contributed by atoms with van der Waals surface area (Å²) in [5.41, 5.74) is 0.0918. The zero-order chi connectivity index (χ0) is 13.2. The summed E-state index contributed by atoms with van der Waals surface area (Å²) in [5.74, 6) is 0.0424. The maximum absolute atomic E-state index is 12.3. The van der Waals surface area contributed by atoms with Crippen molar-refractivity contribution in [3.8, 4) is 5.75 Å². The Bertz CT molecular complexity index is 456. The zero-order valence-electron chi connectivity index (χ0n) is 10.3. The van der Waals surface area contributed by atoms with Gasteiger partial charge in [-0.3, -0.25) is 4.79 Å². The molecule has 1 amide bonds. The number of hydrogen-bond acceptors (Lipinski definition) is 3. The van der Waals surface area contributed by atoms with Crippen molar-refractivity contribution in [3.05, 3.63) is 22.7 Å². The molecule has 98 valence electrons. The molecule has 0 radical (unpaired) electrons. The van der Waals surface area contributed by atoms with E-state index in [1.807, 2.05) is 6.92 Å². The molecule has 0 saturated carbocycles. The highest BCUT2D eigenvalue weighted by atomic mass is 79.9. The van der Waals surface area contributed by atoms with Crippen LogP contribution >= 0.6 is 15.9 Å². The average Bonchev–Trinajstić information content (AvgIpc) is 2.36. The van der Waals surface area contributed by atoms with Gasteiger partial charge in [-0.15, -0.1) is 0 Å². The molecule has 1 aromatic carbocycles. The number of benzene rings is 1. The third kappa shape index (κ3) is 2.67. The van der Waals surface area contributed by atoms with Gasteiger partial charge in [0.1, 0.15) is 0 Å². The van der Waals surface area contributed by atoms with Crippen molar-refractivity contribution in [1.82, 2.24) is 5.32 Å². The van der Waals surface area contributed by atoms with Gasteiger partial charge < -0.3 is 15.7 Å². The van der Waals surface area contributed by atoms with Crippen LogP contribution in [0.3, 0.4) is 0 Å². The number of phenolic OH excluding ortho intramolecular Hbond substituents is 1.